The molecule has 1 aliphatic heterocycles. The highest BCUT2D eigenvalue weighted by Gasteiger charge is 2.14. The maximum Gasteiger partial charge on any atom is 0.154 e. The minimum atomic E-state index is 0.467. The van der Waals surface area contributed by atoms with E-state index in [9.17, 15) is 0 Å². The van der Waals surface area contributed by atoms with E-state index in [4.69, 9.17) is 4.74 Å². The lowest BCUT2D eigenvalue weighted by molar-refractivity contribution is 0.0903. The second-order valence-corrected chi connectivity index (χ2v) is 5.21. The zero-order valence-corrected chi connectivity index (χ0v) is 11.4. The molecule has 0 aromatic carbocycles. The molecule has 0 atom stereocenters. The molecule has 5 nitrogen and oxygen atoms in total. The van der Waals surface area contributed by atoms with E-state index in [1.165, 1.54) is 0 Å². The molecule has 0 spiro atoms. The van der Waals surface area contributed by atoms with Gasteiger partial charge in [0, 0.05) is 19.3 Å². The number of fused-ring (bicyclic) bond motifs is 1. The van der Waals surface area contributed by atoms with Gasteiger partial charge in [-0.25, -0.2) is 9.50 Å². The van der Waals surface area contributed by atoms with Gasteiger partial charge in [0.1, 0.15) is 9.52 Å². The van der Waals surface area contributed by atoms with E-state index in [0.29, 0.717) is 6.04 Å². The number of halogens is 1. The van der Waals surface area contributed by atoms with Crippen LogP contribution in [0, 0.1) is 3.70 Å². The van der Waals surface area contributed by atoms with Gasteiger partial charge < -0.3 is 10.1 Å². The van der Waals surface area contributed by atoms with Gasteiger partial charge in [0.05, 0.1) is 6.20 Å². The van der Waals surface area contributed by atoms with E-state index >= 15 is 0 Å². The van der Waals surface area contributed by atoms with Crippen molar-refractivity contribution in [2.24, 2.45) is 0 Å². The Morgan fingerprint density at radius 2 is 2.18 bits per heavy atom. The molecular formula is C11H13IN4O. The molecule has 1 saturated heterocycles. The third-order valence-corrected chi connectivity index (χ3v) is 3.63. The third kappa shape index (κ3) is 2.37. The average molecular weight is 344 g/mol. The lowest BCUT2D eigenvalue weighted by Crippen LogP contribution is -2.28. The average Bonchev–Trinajstić information content (AvgIpc) is 2.73. The molecule has 0 aliphatic carbocycles. The minimum absolute atomic E-state index is 0.467. The zero-order valence-electron chi connectivity index (χ0n) is 9.27. The zero-order chi connectivity index (χ0) is 11.7. The highest BCUT2D eigenvalue weighted by atomic mass is 127. The Morgan fingerprint density at radius 3 is 3.00 bits per heavy atom. The van der Waals surface area contributed by atoms with Crippen LogP contribution in [0.1, 0.15) is 12.8 Å². The maximum atomic E-state index is 5.34. The fraction of sp³-hybridized carbons (Fsp3) is 0.455. The number of nitrogens with one attached hydrogen (secondary N) is 1. The van der Waals surface area contributed by atoms with Crippen molar-refractivity contribution in [1.29, 1.82) is 0 Å². The van der Waals surface area contributed by atoms with E-state index in [0.717, 1.165) is 41.2 Å². The molecule has 3 rings (SSSR count). The summed E-state index contributed by atoms with van der Waals surface area (Å²) in [7, 11) is 0. The Bertz CT molecular complexity index is 521. The first kappa shape index (κ1) is 11.2. The van der Waals surface area contributed by atoms with Gasteiger partial charge in [0.2, 0.25) is 0 Å². The number of aromatic nitrogens is 3. The van der Waals surface area contributed by atoms with Crippen LogP contribution in [0.5, 0.6) is 0 Å². The van der Waals surface area contributed by atoms with Gasteiger partial charge in [0.25, 0.3) is 0 Å². The maximum absolute atomic E-state index is 5.34. The molecule has 0 amide bonds. The first-order chi connectivity index (χ1) is 8.33. The lowest BCUT2D eigenvalue weighted by atomic mass is 10.1. The topological polar surface area (TPSA) is 51.5 Å². The van der Waals surface area contributed by atoms with Gasteiger partial charge in [-0.05, 0) is 47.6 Å². The van der Waals surface area contributed by atoms with Crippen molar-refractivity contribution >= 4 is 34.1 Å². The molecule has 2 aromatic rings. The molecule has 0 unspecified atom stereocenters. The quantitative estimate of drug-likeness (QED) is 0.846. The van der Waals surface area contributed by atoms with Crippen molar-refractivity contribution in [3.8, 4) is 0 Å². The number of anilines is 1. The molecule has 0 bridgehead atoms. The number of nitrogens with zero attached hydrogens (tertiary/aromatic N) is 3. The van der Waals surface area contributed by atoms with E-state index in [-0.39, 0.29) is 0 Å². The van der Waals surface area contributed by atoms with Gasteiger partial charge in [-0.3, -0.25) is 0 Å². The number of imidazole rings is 1. The van der Waals surface area contributed by atoms with Gasteiger partial charge in [0.15, 0.2) is 5.65 Å². The Morgan fingerprint density at radius 1 is 1.35 bits per heavy atom. The molecule has 0 radical (unpaired) electrons. The van der Waals surface area contributed by atoms with Crippen LogP contribution in [-0.2, 0) is 4.74 Å². The summed E-state index contributed by atoms with van der Waals surface area (Å²) in [6, 6.07) is 4.43. The minimum Gasteiger partial charge on any atom is -0.381 e. The molecule has 0 saturated carbocycles. The van der Waals surface area contributed by atoms with Crippen molar-refractivity contribution in [3.05, 3.63) is 22.0 Å². The van der Waals surface area contributed by atoms with Gasteiger partial charge in [-0.2, -0.15) is 0 Å². The first-order valence-corrected chi connectivity index (χ1v) is 6.75. The second kappa shape index (κ2) is 4.77. The van der Waals surface area contributed by atoms with Crippen LogP contribution in [0.2, 0.25) is 0 Å². The molecule has 2 aromatic heterocycles. The van der Waals surface area contributed by atoms with Crippen LogP contribution in [0.3, 0.4) is 0 Å². The molecule has 1 aliphatic rings. The summed E-state index contributed by atoms with van der Waals surface area (Å²) in [6.45, 7) is 1.67. The van der Waals surface area contributed by atoms with Crippen molar-refractivity contribution in [3.63, 3.8) is 0 Å². The highest BCUT2D eigenvalue weighted by molar-refractivity contribution is 14.1. The summed E-state index contributed by atoms with van der Waals surface area (Å²) in [5, 5.41) is 7.97. The number of hydrogen-bond donors (Lipinski definition) is 1. The summed E-state index contributed by atoms with van der Waals surface area (Å²) < 4.78 is 8.21. The Balaban J connectivity index is 1.82. The number of ether oxygens (including phenoxy) is 1. The highest BCUT2D eigenvalue weighted by Crippen LogP contribution is 2.15. The Labute approximate surface area is 113 Å². The molecule has 1 fully saturated rings. The first-order valence-electron chi connectivity index (χ1n) is 5.67. The van der Waals surface area contributed by atoms with E-state index < -0.39 is 0 Å². The van der Waals surface area contributed by atoms with Crippen LogP contribution in [-0.4, -0.2) is 33.9 Å². The molecule has 1 N–H and O–H groups in total. The largest absolute Gasteiger partial charge is 0.381 e. The SMILES string of the molecule is Ic1cnc2ccc(NC3CCOCC3)nn12. The van der Waals surface area contributed by atoms with E-state index in [2.05, 4.69) is 38.0 Å². The molecule has 90 valence electrons. The van der Waals surface area contributed by atoms with E-state index in [1.807, 2.05) is 22.8 Å². The van der Waals surface area contributed by atoms with Gasteiger partial charge in [-0.15, -0.1) is 5.10 Å². The summed E-state index contributed by atoms with van der Waals surface area (Å²) in [5.74, 6) is 0.903. The smallest absolute Gasteiger partial charge is 0.154 e. The van der Waals surface area contributed by atoms with Crippen molar-refractivity contribution in [1.82, 2.24) is 14.6 Å². The van der Waals surface area contributed by atoms with Crippen molar-refractivity contribution in [2.45, 2.75) is 18.9 Å². The Hall–Kier alpha value is -0.890. The van der Waals surface area contributed by atoms with Gasteiger partial charge in [-0.1, -0.05) is 0 Å². The summed E-state index contributed by atoms with van der Waals surface area (Å²) in [4.78, 5) is 4.25. The van der Waals surface area contributed by atoms with Crippen LogP contribution in [0.4, 0.5) is 5.82 Å². The van der Waals surface area contributed by atoms with Crippen LogP contribution in [0.25, 0.3) is 5.65 Å². The second-order valence-electron chi connectivity index (χ2n) is 4.10. The molecular weight excluding hydrogens is 331 g/mol. The summed E-state index contributed by atoms with van der Waals surface area (Å²) in [6.07, 6.45) is 3.91. The molecule has 17 heavy (non-hydrogen) atoms. The molecule has 3 heterocycles. The monoisotopic (exact) mass is 344 g/mol. The van der Waals surface area contributed by atoms with Crippen LogP contribution < -0.4 is 5.32 Å². The summed E-state index contributed by atoms with van der Waals surface area (Å²) in [5.41, 5.74) is 0.881. The predicted molar refractivity (Wildman–Crippen MR) is 73.2 cm³/mol. The van der Waals surface area contributed by atoms with Crippen molar-refractivity contribution in [2.75, 3.05) is 18.5 Å². The normalized spacial score (nSPS) is 17.5. The lowest BCUT2D eigenvalue weighted by Gasteiger charge is -2.23. The van der Waals surface area contributed by atoms with Gasteiger partial charge >= 0.3 is 0 Å². The standard InChI is InChI=1S/C11H13IN4O/c12-9-7-13-11-2-1-10(15-16(9)11)14-8-3-5-17-6-4-8/h1-2,7-8H,3-6H2,(H,14,15). The molecule has 6 heteroatoms. The van der Waals surface area contributed by atoms with Crippen LogP contribution in [0.15, 0.2) is 18.3 Å². The third-order valence-electron chi connectivity index (χ3n) is 2.89. The van der Waals surface area contributed by atoms with Crippen molar-refractivity contribution < 1.29 is 4.74 Å². The number of hydrogen-bond acceptors (Lipinski definition) is 4. The van der Waals surface area contributed by atoms with E-state index in [1.54, 1.807) is 0 Å². The fourth-order valence-corrected chi connectivity index (χ4v) is 2.47. The number of rotatable bonds is 2. The Kier molecular flexibility index (Phi) is 3.15. The fourth-order valence-electron chi connectivity index (χ4n) is 1.97. The van der Waals surface area contributed by atoms with Crippen LogP contribution >= 0.6 is 22.6 Å². The predicted octanol–water partition coefficient (Wildman–Crippen LogP) is 1.92. The summed E-state index contributed by atoms with van der Waals surface area (Å²) >= 11 is 2.23.